The number of methoxy groups -OCH3 is 3. The molecule has 28 heavy (non-hydrogen) atoms. The Morgan fingerprint density at radius 3 is 2.14 bits per heavy atom. The highest BCUT2D eigenvalue weighted by Gasteiger charge is 2.33. The van der Waals surface area contributed by atoms with E-state index in [9.17, 15) is 18.0 Å². The highest BCUT2D eigenvalue weighted by Crippen LogP contribution is 2.40. The Bertz CT molecular complexity index is 872. The average Bonchev–Trinajstić information content (AvgIpc) is 2.65. The SMILES string of the molecule is COc1cc(NC(=O)/C=C/c2ccc(Cl)c(C(F)(F)F)c2)cc(OC)c1OC. The summed E-state index contributed by atoms with van der Waals surface area (Å²) in [5.41, 5.74) is -0.436. The molecule has 2 rings (SSSR count). The van der Waals surface area contributed by atoms with E-state index in [1.807, 2.05) is 0 Å². The molecule has 1 amide bonds. The van der Waals surface area contributed by atoms with Gasteiger partial charge in [-0.15, -0.1) is 0 Å². The highest BCUT2D eigenvalue weighted by atomic mass is 35.5. The van der Waals surface area contributed by atoms with Crippen molar-refractivity contribution < 1.29 is 32.2 Å². The van der Waals surface area contributed by atoms with Crippen molar-refractivity contribution in [1.29, 1.82) is 0 Å². The molecule has 0 saturated carbocycles. The van der Waals surface area contributed by atoms with Crippen molar-refractivity contribution in [3.63, 3.8) is 0 Å². The molecule has 0 aliphatic rings. The maximum absolute atomic E-state index is 12.9. The van der Waals surface area contributed by atoms with Gasteiger partial charge < -0.3 is 19.5 Å². The van der Waals surface area contributed by atoms with Crippen molar-refractivity contribution in [3.8, 4) is 17.2 Å². The first-order chi connectivity index (χ1) is 13.2. The lowest BCUT2D eigenvalue weighted by Crippen LogP contribution is -2.09. The number of carbonyl (C=O) groups excluding carboxylic acids is 1. The fourth-order valence-corrected chi connectivity index (χ4v) is 2.60. The first kappa shape index (κ1) is 21.4. The summed E-state index contributed by atoms with van der Waals surface area (Å²) in [6, 6.07) is 6.42. The largest absolute Gasteiger partial charge is 0.493 e. The van der Waals surface area contributed by atoms with E-state index in [1.165, 1.54) is 45.6 Å². The Labute approximate surface area is 164 Å². The smallest absolute Gasteiger partial charge is 0.417 e. The van der Waals surface area contributed by atoms with E-state index in [0.717, 1.165) is 18.2 Å². The number of hydrogen-bond acceptors (Lipinski definition) is 4. The molecule has 9 heteroatoms. The maximum atomic E-state index is 12.9. The van der Waals surface area contributed by atoms with Gasteiger partial charge in [-0.05, 0) is 23.8 Å². The molecule has 0 aliphatic carbocycles. The third-order valence-corrected chi connectivity index (χ3v) is 3.98. The molecule has 0 fully saturated rings. The molecule has 0 radical (unpaired) electrons. The van der Waals surface area contributed by atoms with Crippen molar-refractivity contribution in [2.24, 2.45) is 0 Å². The number of carbonyl (C=O) groups is 1. The van der Waals surface area contributed by atoms with E-state index < -0.39 is 22.7 Å². The minimum absolute atomic E-state index is 0.178. The van der Waals surface area contributed by atoms with E-state index in [2.05, 4.69) is 5.32 Å². The number of benzene rings is 2. The Kier molecular flexibility index (Phi) is 6.80. The molecular weight excluding hydrogens is 399 g/mol. The van der Waals surface area contributed by atoms with E-state index in [1.54, 1.807) is 0 Å². The first-order valence-corrected chi connectivity index (χ1v) is 8.23. The normalized spacial score (nSPS) is 11.4. The summed E-state index contributed by atoms with van der Waals surface area (Å²) in [5, 5.41) is 2.17. The van der Waals surface area contributed by atoms with Crippen molar-refractivity contribution in [2.75, 3.05) is 26.6 Å². The molecule has 0 heterocycles. The van der Waals surface area contributed by atoms with E-state index >= 15 is 0 Å². The van der Waals surface area contributed by atoms with Gasteiger partial charge in [0.1, 0.15) is 0 Å². The Hall–Kier alpha value is -2.87. The van der Waals surface area contributed by atoms with Gasteiger partial charge in [0.15, 0.2) is 11.5 Å². The minimum atomic E-state index is -4.58. The van der Waals surface area contributed by atoms with Gasteiger partial charge in [0.25, 0.3) is 0 Å². The molecule has 1 N–H and O–H groups in total. The molecule has 0 atom stereocenters. The fourth-order valence-electron chi connectivity index (χ4n) is 2.37. The number of alkyl halides is 3. The van der Waals surface area contributed by atoms with Crippen LogP contribution in [-0.2, 0) is 11.0 Å². The molecule has 0 saturated heterocycles. The lowest BCUT2D eigenvalue weighted by atomic mass is 10.1. The molecule has 0 aromatic heterocycles. The van der Waals surface area contributed by atoms with Crippen LogP contribution in [0.1, 0.15) is 11.1 Å². The maximum Gasteiger partial charge on any atom is 0.417 e. The Morgan fingerprint density at radius 1 is 1.04 bits per heavy atom. The van der Waals surface area contributed by atoms with Gasteiger partial charge in [-0.2, -0.15) is 13.2 Å². The first-order valence-electron chi connectivity index (χ1n) is 7.85. The lowest BCUT2D eigenvalue weighted by Gasteiger charge is -2.14. The summed E-state index contributed by atoms with van der Waals surface area (Å²) < 4.78 is 54.3. The van der Waals surface area contributed by atoms with E-state index in [0.29, 0.717) is 22.9 Å². The summed E-state index contributed by atoms with van der Waals surface area (Å²) in [6.45, 7) is 0. The standard InChI is InChI=1S/C19H17ClF3NO4/c1-26-15-9-12(10-16(27-2)18(15)28-3)24-17(25)7-5-11-4-6-14(20)13(8-11)19(21,22)23/h4-10H,1-3H3,(H,24,25)/b7-5+. The van der Waals surface area contributed by atoms with Crippen molar-refractivity contribution in [3.05, 3.63) is 52.6 Å². The second-order valence-electron chi connectivity index (χ2n) is 5.47. The predicted octanol–water partition coefficient (Wildman–Crippen LogP) is 5.04. The van der Waals surface area contributed by atoms with E-state index in [4.69, 9.17) is 25.8 Å². The molecule has 2 aromatic carbocycles. The van der Waals surface area contributed by atoms with Gasteiger partial charge in [-0.1, -0.05) is 17.7 Å². The Balaban J connectivity index is 2.21. The highest BCUT2D eigenvalue weighted by molar-refractivity contribution is 6.31. The second kappa shape index (κ2) is 8.88. The van der Waals surface area contributed by atoms with Gasteiger partial charge in [0, 0.05) is 23.9 Å². The monoisotopic (exact) mass is 415 g/mol. The number of ether oxygens (including phenoxy) is 3. The van der Waals surface area contributed by atoms with Crippen molar-refractivity contribution >= 4 is 29.3 Å². The lowest BCUT2D eigenvalue weighted by molar-refractivity contribution is -0.137. The number of halogens is 4. The van der Waals surface area contributed by atoms with Crippen LogP contribution in [0.3, 0.4) is 0 Å². The number of nitrogens with one attached hydrogen (secondary N) is 1. The topological polar surface area (TPSA) is 56.8 Å². The average molecular weight is 416 g/mol. The van der Waals surface area contributed by atoms with Crippen LogP contribution < -0.4 is 19.5 Å². The van der Waals surface area contributed by atoms with Crippen LogP contribution in [0.4, 0.5) is 18.9 Å². The molecule has 0 aliphatic heterocycles. The van der Waals surface area contributed by atoms with Gasteiger partial charge in [-0.3, -0.25) is 4.79 Å². The van der Waals surface area contributed by atoms with Crippen LogP contribution in [0, 0.1) is 0 Å². The molecule has 150 valence electrons. The van der Waals surface area contributed by atoms with Crippen LogP contribution in [0.2, 0.25) is 5.02 Å². The van der Waals surface area contributed by atoms with Gasteiger partial charge in [0.05, 0.1) is 31.9 Å². The zero-order chi connectivity index (χ0) is 20.9. The van der Waals surface area contributed by atoms with Gasteiger partial charge in [0.2, 0.25) is 11.7 Å². The quantitative estimate of drug-likeness (QED) is 0.672. The minimum Gasteiger partial charge on any atom is -0.493 e. The second-order valence-corrected chi connectivity index (χ2v) is 5.88. The molecular formula is C19H17ClF3NO4. The number of amides is 1. The van der Waals surface area contributed by atoms with Crippen molar-refractivity contribution in [2.45, 2.75) is 6.18 Å². The third kappa shape index (κ3) is 5.10. The van der Waals surface area contributed by atoms with Crippen LogP contribution in [0.15, 0.2) is 36.4 Å². The summed E-state index contributed by atoms with van der Waals surface area (Å²) >= 11 is 5.58. The zero-order valence-electron chi connectivity index (χ0n) is 15.2. The Morgan fingerprint density at radius 2 is 1.64 bits per heavy atom. The summed E-state index contributed by atoms with van der Waals surface area (Å²) in [4.78, 5) is 12.1. The number of anilines is 1. The van der Waals surface area contributed by atoms with Gasteiger partial charge >= 0.3 is 6.18 Å². The molecule has 5 nitrogen and oxygen atoms in total. The van der Waals surface area contributed by atoms with Crippen molar-refractivity contribution in [1.82, 2.24) is 0 Å². The molecule has 2 aromatic rings. The van der Waals surface area contributed by atoms with Gasteiger partial charge in [-0.25, -0.2) is 0 Å². The van der Waals surface area contributed by atoms with Crippen LogP contribution in [0.25, 0.3) is 6.08 Å². The predicted molar refractivity (Wildman–Crippen MR) is 100 cm³/mol. The summed E-state index contributed by atoms with van der Waals surface area (Å²) in [5.74, 6) is 0.486. The number of rotatable bonds is 6. The molecule has 0 bridgehead atoms. The van der Waals surface area contributed by atoms with E-state index in [-0.39, 0.29) is 5.56 Å². The summed E-state index contributed by atoms with van der Waals surface area (Å²) in [6.07, 6.45) is -2.23. The van der Waals surface area contributed by atoms with Crippen LogP contribution >= 0.6 is 11.6 Å². The van der Waals surface area contributed by atoms with Crippen LogP contribution in [-0.4, -0.2) is 27.2 Å². The number of hydrogen-bond donors (Lipinski definition) is 1. The molecule has 0 spiro atoms. The summed E-state index contributed by atoms with van der Waals surface area (Å²) in [7, 11) is 4.31. The zero-order valence-corrected chi connectivity index (χ0v) is 15.9. The third-order valence-electron chi connectivity index (χ3n) is 3.66. The fraction of sp³-hybridized carbons (Fsp3) is 0.211. The van der Waals surface area contributed by atoms with Crippen LogP contribution in [0.5, 0.6) is 17.2 Å². The molecule has 0 unspecified atom stereocenters.